The van der Waals surface area contributed by atoms with Crippen molar-refractivity contribution in [1.82, 2.24) is 30.0 Å². The van der Waals surface area contributed by atoms with Crippen molar-refractivity contribution in [2.75, 3.05) is 30.0 Å². The minimum absolute atomic E-state index is 0.0446. The van der Waals surface area contributed by atoms with Crippen LogP contribution in [0.5, 0.6) is 5.75 Å². The molecule has 2 amide bonds. The van der Waals surface area contributed by atoms with E-state index in [1.165, 1.54) is 17.5 Å². The molecule has 3 N–H and O–H groups in total. The number of hydrogen-bond acceptors (Lipinski definition) is 11. The van der Waals surface area contributed by atoms with E-state index in [0.717, 1.165) is 12.8 Å². The molecule has 206 valence electrons. The first-order chi connectivity index (χ1) is 19.4. The van der Waals surface area contributed by atoms with Crippen LogP contribution in [0.4, 0.5) is 17.2 Å². The van der Waals surface area contributed by atoms with E-state index in [9.17, 15) is 18.0 Å². The van der Waals surface area contributed by atoms with Crippen LogP contribution in [0.1, 0.15) is 35.6 Å². The maximum absolute atomic E-state index is 12.9. The predicted molar refractivity (Wildman–Crippen MR) is 149 cm³/mol. The van der Waals surface area contributed by atoms with Crippen molar-refractivity contribution in [2.24, 2.45) is 5.92 Å². The average molecular weight is 572 g/mol. The topological polar surface area (TPSA) is 182 Å². The number of benzene rings is 1. The molecule has 1 aliphatic carbocycles. The number of rotatable bonds is 10. The van der Waals surface area contributed by atoms with Gasteiger partial charge in [0, 0.05) is 18.5 Å². The highest BCUT2D eigenvalue weighted by atomic mass is 32.2. The Morgan fingerprint density at radius 2 is 1.98 bits per heavy atom. The number of carbonyl (C=O) groups is 2. The minimum atomic E-state index is -3.35. The maximum atomic E-state index is 12.9. The highest BCUT2D eigenvalue weighted by Crippen LogP contribution is 2.38. The van der Waals surface area contributed by atoms with E-state index < -0.39 is 21.2 Å². The molecule has 0 bridgehead atoms. The summed E-state index contributed by atoms with van der Waals surface area (Å²) in [6.45, 7) is 0.332. The predicted octanol–water partition coefficient (Wildman–Crippen LogP) is 0.00940. The van der Waals surface area contributed by atoms with Crippen molar-refractivity contribution >= 4 is 62.6 Å². The Bertz CT molecular complexity index is 1590. The van der Waals surface area contributed by atoms with Crippen molar-refractivity contribution in [3.63, 3.8) is 0 Å². The second-order valence-electron chi connectivity index (χ2n) is 9.67. The van der Waals surface area contributed by atoms with Gasteiger partial charge in [-0.05, 0) is 31.4 Å². The van der Waals surface area contributed by atoms with Crippen molar-refractivity contribution < 1.29 is 27.3 Å². The quantitative estimate of drug-likeness (QED) is 0.279. The highest BCUT2D eigenvalue weighted by molar-refractivity contribution is 7.89. The third kappa shape index (κ3) is 6.70. The molecule has 0 spiro atoms. The maximum Gasteiger partial charge on any atom is 0.272 e. The molecule has 2 aliphatic rings. The van der Waals surface area contributed by atoms with Crippen LogP contribution in [0.15, 0.2) is 28.8 Å². The fraction of sp³-hybridized carbons (Fsp3) is 0.391. The Labute approximate surface area is 239 Å². The Kier molecular flexibility index (Phi) is 7.79. The largest absolute Gasteiger partial charge is 0.494 e. The molecule has 1 saturated carbocycles. The average Bonchev–Trinajstić information content (AvgIpc) is 3.57. The molecule has 41 heavy (non-hydrogen) atoms. The fourth-order valence-corrected chi connectivity index (χ4v) is 5.64. The van der Waals surface area contributed by atoms with Gasteiger partial charge in [0.25, 0.3) is 5.91 Å². The van der Waals surface area contributed by atoms with Gasteiger partial charge in [-0.1, -0.05) is 16.5 Å². The third-order valence-electron chi connectivity index (χ3n) is 6.25. The van der Waals surface area contributed by atoms with Gasteiger partial charge in [0.1, 0.15) is 0 Å². The van der Waals surface area contributed by atoms with Crippen molar-refractivity contribution in [3.8, 4) is 17.1 Å². The summed E-state index contributed by atoms with van der Waals surface area (Å²) in [4.78, 5) is 29.5. The number of aromatic nitrogens is 4. The van der Waals surface area contributed by atoms with Crippen LogP contribution in [0.2, 0.25) is 0 Å². The Morgan fingerprint density at radius 1 is 1.20 bits per heavy atom. The van der Waals surface area contributed by atoms with E-state index in [-0.39, 0.29) is 58.8 Å². The summed E-state index contributed by atoms with van der Waals surface area (Å²) in [5, 5.41) is 17.8. The minimum Gasteiger partial charge on any atom is -0.494 e. The standard InChI is InChI=1S/C23H23B3N8O6S/c1-39-19-13(20-29-17(40-33-20)11-34-8-3-9-41(34,37)38)4-2-5-14(19)27-15-10-16(28-21(35)12-6-7-12)31-32-18(15)22(36)30-23(24,25)26/h2,4-5,10,12H,3,6-9,11H2,1H3,(H,30,36)(H2,27,28,31,35). The smallest absolute Gasteiger partial charge is 0.272 e. The Hall–Kier alpha value is -3.92. The number of sulfonamides is 1. The zero-order valence-electron chi connectivity index (χ0n) is 22.0. The molecule has 2 fully saturated rings. The van der Waals surface area contributed by atoms with Crippen molar-refractivity contribution in [2.45, 2.75) is 31.0 Å². The number of para-hydroxylation sites is 1. The van der Waals surface area contributed by atoms with Crippen LogP contribution in [-0.2, 0) is 21.4 Å². The van der Waals surface area contributed by atoms with Crippen LogP contribution < -0.4 is 20.7 Å². The van der Waals surface area contributed by atoms with Gasteiger partial charge >= 0.3 is 0 Å². The van der Waals surface area contributed by atoms with Gasteiger partial charge < -0.3 is 25.2 Å². The van der Waals surface area contributed by atoms with Crippen LogP contribution in [-0.4, -0.2) is 93.1 Å². The normalized spacial score (nSPS) is 16.7. The second-order valence-corrected chi connectivity index (χ2v) is 11.8. The summed E-state index contributed by atoms with van der Waals surface area (Å²) in [5.74, 6) is -0.405. The number of hydrogen-bond donors (Lipinski definition) is 3. The molecule has 1 aromatic carbocycles. The summed E-state index contributed by atoms with van der Waals surface area (Å²) in [5.41, 5.74) is 0.675. The van der Waals surface area contributed by atoms with Gasteiger partial charge in [-0.25, -0.2) is 8.42 Å². The summed E-state index contributed by atoms with van der Waals surface area (Å²) in [7, 11) is 14.7. The van der Waals surface area contributed by atoms with Crippen LogP contribution >= 0.6 is 0 Å². The zero-order valence-corrected chi connectivity index (χ0v) is 22.8. The van der Waals surface area contributed by atoms with E-state index in [0.29, 0.717) is 24.2 Å². The monoisotopic (exact) mass is 572 g/mol. The lowest BCUT2D eigenvalue weighted by molar-refractivity contribution is -0.117. The molecule has 0 atom stereocenters. The molecule has 2 aromatic heterocycles. The number of amides is 2. The molecule has 3 heterocycles. The first-order valence-corrected chi connectivity index (χ1v) is 14.2. The van der Waals surface area contributed by atoms with E-state index in [2.05, 4.69) is 36.3 Å². The molecule has 0 unspecified atom stereocenters. The van der Waals surface area contributed by atoms with Gasteiger partial charge in [-0.2, -0.15) is 9.29 Å². The van der Waals surface area contributed by atoms with Crippen molar-refractivity contribution in [3.05, 3.63) is 35.9 Å². The Morgan fingerprint density at radius 3 is 2.63 bits per heavy atom. The highest BCUT2D eigenvalue weighted by Gasteiger charge is 2.31. The molecule has 18 heteroatoms. The molecule has 1 aliphatic heterocycles. The Balaban J connectivity index is 1.45. The third-order valence-corrected chi connectivity index (χ3v) is 8.15. The molecular weight excluding hydrogens is 549 g/mol. The van der Waals surface area contributed by atoms with Crippen LogP contribution in [0.3, 0.4) is 0 Å². The van der Waals surface area contributed by atoms with Gasteiger partial charge in [-0.3, -0.25) is 9.59 Å². The van der Waals surface area contributed by atoms with Crippen molar-refractivity contribution in [1.29, 1.82) is 0 Å². The van der Waals surface area contributed by atoms with E-state index in [1.54, 1.807) is 18.2 Å². The number of carbonyl (C=O) groups excluding carboxylic acids is 2. The van der Waals surface area contributed by atoms with Gasteiger partial charge in [0.2, 0.25) is 27.6 Å². The molecule has 5 rings (SSSR count). The first-order valence-electron chi connectivity index (χ1n) is 12.6. The van der Waals surface area contributed by atoms with Gasteiger partial charge in [0.05, 0.1) is 59.9 Å². The lowest BCUT2D eigenvalue weighted by atomic mass is 9.49. The van der Waals surface area contributed by atoms with E-state index in [4.69, 9.17) is 32.8 Å². The first kappa shape index (κ1) is 28.6. The lowest BCUT2D eigenvalue weighted by Gasteiger charge is -2.23. The summed E-state index contributed by atoms with van der Waals surface area (Å²) >= 11 is 0. The summed E-state index contributed by atoms with van der Waals surface area (Å²) in [6, 6.07) is 6.43. The lowest BCUT2D eigenvalue weighted by Crippen LogP contribution is -2.50. The molecular formula is C23H23B3N8O6S. The number of anilines is 3. The van der Waals surface area contributed by atoms with E-state index in [1.807, 2.05) is 0 Å². The molecule has 14 nitrogen and oxygen atoms in total. The molecule has 1 saturated heterocycles. The number of ether oxygens (including phenoxy) is 1. The number of methoxy groups -OCH3 is 1. The fourth-order valence-electron chi connectivity index (χ4n) is 4.17. The van der Waals surface area contributed by atoms with Crippen LogP contribution in [0, 0.1) is 5.92 Å². The number of nitrogens with one attached hydrogen (secondary N) is 3. The van der Waals surface area contributed by atoms with Gasteiger partial charge in [0.15, 0.2) is 17.3 Å². The summed E-state index contributed by atoms with van der Waals surface area (Å²) in [6.07, 6.45) is 2.10. The van der Waals surface area contributed by atoms with E-state index >= 15 is 0 Å². The molecule has 6 radical (unpaired) electrons. The van der Waals surface area contributed by atoms with Gasteiger partial charge in [-0.15, -0.1) is 10.2 Å². The molecule has 3 aromatic rings. The SMILES string of the molecule is [B]C([B])([B])NC(=O)c1nnc(NC(=O)C2CC2)cc1Nc1cccc(-c2noc(CN3CCCS3(=O)=O)n2)c1OC. The zero-order chi connectivity index (χ0) is 29.4. The summed E-state index contributed by atoms with van der Waals surface area (Å²) < 4.78 is 36.6. The number of nitrogens with zero attached hydrogens (tertiary/aromatic N) is 5. The second kappa shape index (κ2) is 11.2. The van der Waals surface area contributed by atoms with Crippen LogP contribution in [0.25, 0.3) is 11.4 Å².